The standard InChI is InChI=1S/C22H26FN3O2/c23-21-14-20(28-15-17-7-11-27-12-8-17)6-3-18(21)13-16-1-4-19(5-2-16)26-22-24-9-10-25-22/h1-6,14,17H,7-13,15H2,(H2,24,25,26). The van der Waals surface area contributed by atoms with E-state index in [2.05, 4.69) is 15.6 Å². The highest BCUT2D eigenvalue weighted by atomic mass is 19.1. The van der Waals surface area contributed by atoms with Crippen molar-refractivity contribution in [2.45, 2.75) is 19.3 Å². The fraction of sp³-hybridized carbons (Fsp3) is 0.409. The third kappa shape index (κ3) is 5.01. The number of nitrogens with one attached hydrogen (secondary N) is 2. The summed E-state index contributed by atoms with van der Waals surface area (Å²) in [5, 5.41) is 6.41. The van der Waals surface area contributed by atoms with Crippen LogP contribution in [0, 0.1) is 11.7 Å². The van der Waals surface area contributed by atoms with Gasteiger partial charge in [0.05, 0.1) is 13.2 Å². The molecule has 148 valence electrons. The van der Waals surface area contributed by atoms with E-state index in [-0.39, 0.29) is 5.82 Å². The number of nitrogens with zero attached hydrogens (tertiary/aromatic N) is 1. The van der Waals surface area contributed by atoms with E-state index in [9.17, 15) is 4.39 Å². The zero-order chi connectivity index (χ0) is 19.2. The molecule has 2 N–H and O–H groups in total. The van der Waals surface area contributed by atoms with Crippen LogP contribution < -0.4 is 15.4 Å². The number of hydrogen-bond acceptors (Lipinski definition) is 5. The Morgan fingerprint density at radius 3 is 2.68 bits per heavy atom. The Morgan fingerprint density at radius 1 is 1.14 bits per heavy atom. The summed E-state index contributed by atoms with van der Waals surface area (Å²) in [6.07, 6.45) is 2.56. The molecule has 5 nitrogen and oxygen atoms in total. The molecule has 0 bridgehead atoms. The quantitative estimate of drug-likeness (QED) is 0.800. The second-order valence-electron chi connectivity index (χ2n) is 7.28. The largest absolute Gasteiger partial charge is 0.493 e. The third-order valence-corrected chi connectivity index (χ3v) is 5.14. The van der Waals surface area contributed by atoms with Gasteiger partial charge in [0.2, 0.25) is 0 Å². The SMILES string of the molecule is Fc1cc(OCC2CCOCC2)ccc1Cc1ccc(NC2=NCCN2)cc1. The average molecular weight is 383 g/mol. The Morgan fingerprint density at radius 2 is 1.96 bits per heavy atom. The molecule has 0 radical (unpaired) electrons. The number of anilines is 1. The summed E-state index contributed by atoms with van der Waals surface area (Å²) in [4.78, 5) is 4.31. The van der Waals surface area contributed by atoms with Crippen LogP contribution in [0.5, 0.6) is 5.75 Å². The zero-order valence-corrected chi connectivity index (χ0v) is 15.9. The second kappa shape index (κ2) is 9.06. The van der Waals surface area contributed by atoms with Gasteiger partial charge in [-0.1, -0.05) is 18.2 Å². The van der Waals surface area contributed by atoms with Crippen LogP contribution in [0.1, 0.15) is 24.0 Å². The van der Waals surface area contributed by atoms with Crippen molar-refractivity contribution in [2.24, 2.45) is 10.9 Å². The number of benzene rings is 2. The van der Waals surface area contributed by atoms with Crippen LogP contribution in [0.3, 0.4) is 0 Å². The molecule has 0 aliphatic carbocycles. The maximum absolute atomic E-state index is 14.5. The minimum absolute atomic E-state index is 0.226. The van der Waals surface area contributed by atoms with Crippen LogP contribution in [0.4, 0.5) is 10.1 Å². The summed E-state index contributed by atoms with van der Waals surface area (Å²) >= 11 is 0. The van der Waals surface area contributed by atoms with Crippen molar-refractivity contribution in [3.05, 3.63) is 59.4 Å². The average Bonchev–Trinajstić information content (AvgIpc) is 3.23. The first-order valence-corrected chi connectivity index (χ1v) is 9.89. The highest BCUT2D eigenvalue weighted by Crippen LogP contribution is 2.22. The predicted octanol–water partition coefficient (Wildman–Crippen LogP) is 3.59. The van der Waals surface area contributed by atoms with Gasteiger partial charge < -0.3 is 20.1 Å². The monoisotopic (exact) mass is 383 g/mol. The molecule has 0 atom stereocenters. The number of rotatable bonds is 6. The molecule has 2 aliphatic rings. The normalized spacial score (nSPS) is 17.1. The summed E-state index contributed by atoms with van der Waals surface area (Å²) < 4.78 is 25.7. The van der Waals surface area contributed by atoms with Gasteiger partial charge in [-0.2, -0.15) is 0 Å². The first-order chi connectivity index (χ1) is 13.8. The van der Waals surface area contributed by atoms with E-state index in [0.717, 1.165) is 56.4 Å². The number of aliphatic imine (C=N–C) groups is 1. The molecule has 28 heavy (non-hydrogen) atoms. The van der Waals surface area contributed by atoms with Crippen LogP contribution in [0.15, 0.2) is 47.5 Å². The van der Waals surface area contributed by atoms with Gasteiger partial charge in [0, 0.05) is 37.9 Å². The number of hydrogen-bond donors (Lipinski definition) is 2. The molecule has 6 heteroatoms. The Bertz CT molecular complexity index is 817. The molecular weight excluding hydrogens is 357 g/mol. The molecule has 0 spiro atoms. The van der Waals surface area contributed by atoms with Gasteiger partial charge in [-0.25, -0.2) is 4.39 Å². The fourth-order valence-corrected chi connectivity index (χ4v) is 3.43. The molecule has 1 fully saturated rings. The Hall–Kier alpha value is -2.60. The molecule has 2 aromatic rings. The second-order valence-corrected chi connectivity index (χ2v) is 7.28. The van der Waals surface area contributed by atoms with E-state index in [1.807, 2.05) is 36.4 Å². The van der Waals surface area contributed by atoms with E-state index >= 15 is 0 Å². The van der Waals surface area contributed by atoms with Gasteiger partial charge in [0.1, 0.15) is 11.6 Å². The van der Waals surface area contributed by atoms with Crippen LogP contribution in [0.2, 0.25) is 0 Å². The van der Waals surface area contributed by atoms with Crippen LogP contribution in [-0.2, 0) is 11.2 Å². The highest BCUT2D eigenvalue weighted by Gasteiger charge is 2.15. The molecule has 0 amide bonds. The summed E-state index contributed by atoms with van der Waals surface area (Å²) in [7, 11) is 0. The van der Waals surface area contributed by atoms with E-state index < -0.39 is 0 Å². The van der Waals surface area contributed by atoms with Crippen molar-refractivity contribution in [1.29, 1.82) is 0 Å². The maximum atomic E-state index is 14.5. The number of ether oxygens (including phenoxy) is 2. The van der Waals surface area contributed by atoms with Crippen molar-refractivity contribution >= 4 is 11.6 Å². The molecular formula is C22H26FN3O2. The highest BCUT2D eigenvalue weighted by molar-refractivity contribution is 5.94. The number of halogens is 1. The van der Waals surface area contributed by atoms with E-state index in [1.165, 1.54) is 6.07 Å². The van der Waals surface area contributed by atoms with E-state index in [0.29, 0.717) is 30.3 Å². The van der Waals surface area contributed by atoms with Crippen molar-refractivity contribution in [2.75, 3.05) is 38.2 Å². The van der Waals surface area contributed by atoms with Crippen LogP contribution in [-0.4, -0.2) is 38.9 Å². The molecule has 0 unspecified atom stereocenters. The number of guanidine groups is 1. The van der Waals surface area contributed by atoms with Gasteiger partial charge in [-0.15, -0.1) is 0 Å². The predicted molar refractivity (Wildman–Crippen MR) is 109 cm³/mol. The van der Waals surface area contributed by atoms with Crippen molar-refractivity contribution < 1.29 is 13.9 Å². The lowest BCUT2D eigenvalue weighted by Crippen LogP contribution is -2.26. The lowest BCUT2D eigenvalue weighted by molar-refractivity contribution is 0.0497. The maximum Gasteiger partial charge on any atom is 0.195 e. The van der Waals surface area contributed by atoms with Gasteiger partial charge in [-0.05, 0) is 48.1 Å². The smallest absolute Gasteiger partial charge is 0.195 e. The topological polar surface area (TPSA) is 54.9 Å². The third-order valence-electron chi connectivity index (χ3n) is 5.14. The minimum atomic E-state index is -0.226. The molecule has 2 aromatic carbocycles. The molecule has 0 aromatic heterocycles. The van der Waals surface area contributed by atoms with E-state index in [1.54, 1.807) is 0 Å². The Labute approximate surface area is 165 Å². The Balaban J connectivity index is 1.32. The lowest BCUT2D eigenvalue weighted by Gasteiger charge is -2.22. The molecule has 2 aliphatic heterocycles. The lowest BCUT2D eigenvalue weighted by atomic mass is 10.0. The van der Waals surface area contributed by atoms with Gasteiger partial charge in [0.25, 0.3) is 0 Å². The van der Waals surface area contributed by atoms with Gasteiger partial charge in [0.15, 0.2) is 5.96 Å². The molecule has 4 rings (SSSR count). The van der Waals surface area contributed by atoms with Gasteiger partial charge >= 0.3 is 0 Å². The van der Waals surface area contributed by atoms with Crippen LogP contribution >= 0.6 is 0 Å². The molecule has 0 saturated carbocycles. The summed E-state index contributed by atoms with van der Waals surface area (Å²) in [6.45, 7) is 3.88. The van der Waals surface area contributed by atoms with Crippen molar-refractivity contribution in [3.8, 4) is 5.75 Å². The summed E-state index contributed by atoms with van der Waals surface area (Å²) in [5.74, 6) is 1.66. The Kier molecular flexibility index (Phi) is 6.07. The molecule has 1 saturated heterocycles. The van der Waals surface area contributed by atoms with Gasteiger partial charge in [-0.3, -0.25) is 4.99 Å². The van der Waals surface area contributed by atoms with Crippen LogP contribution in [0.25, 0.3) is 0 Å². The fourth-order valence-electron chi connectivity index (χ4n) is 3.43. The molecule has 2 heterocycles. The van der Waals surface area contributed by atoms with E-state index in [4.69, 9.17) is 9.47 Å². The first kappa shape index (κ1) is 18.7. The summed E-state index contributed by atoms with van der Waals surface area (Å²) in [6, 6.07) is 13.2. The zero-order valence-electron chi connectivity index (χ0n) is 15.9. The van der Waals surface area contributed by atoms with Crippen molar-refractivity contribution in [3.63, 3.8) is 0 Å². The first-order valence-electron chi connectivity index (χ1n) is 9.89. The van der Waals surface area contributed by atoms with Crippen molar-refractivity contribution in [1.82, 2.24) is 5.32 Å². The summed E-state index contributed by atoms with van der Waals surface area (Å²) in [5.41, 5.74) is 2.69. The minimum Gasteiger partial charge on any atom is -0.493 e.